The number of aromatic hydroxyl groups is 1. The van der Waals surface area contributed by atoms with E-state index in [1.807, 2.05) is 6.92 Å². The van der Waals surface area contributed by atoms with Gasteiger partial charge < -0.3 is 5.11 Å². The number of halogens is 2. The highest BCUT2D eigenvalue weighted by Gasteiger charge is 2.15. The van der Waals surface area contributed by atoms with Crippen molar-refractivity contribution in [1.29, 1.82) is 0 Å². The van der Waals surface area contributed by atoms with Crippen LogP contribution >= 0.6 is 23.2 Å². The molecule has 0 aliphatic heterocycles. The van der Waals surface area contributed by atoms with E-state index in [2.05, 4.69) is 0 Å². The maximum Gasteiger partial charge on any atom is 0.333 e. The van der Waals surface area contributed by atoms with Gasteiger partial charge in [-0.1, -0.05) is 6.92 Å². The van der Waals surface area contributed by atoms with Gasteiger partial charge in [0.15, 0.2) is 0 Å². The lowest BCUT2D eigenvalue weighted by Gasteiger charge is -1.98. The third kappa shape index (κ3) is 1.56. The molecule has 1 aromatic heterocycles. The van der Waals surface area contributed by atoms with Gasteiger partial charge in [0.05, 0.1) is 5.69 Å². The van der Waals surface area contributed by atoms with E-state index in [0.717, 1.165) is 4.57 Å². The molecule has 0 saturated heterocycles. The molecule has 1 aromatic rings. The normalized spacial score (nSPS) is 10.7. The lowest BCUT2D eigenvalue weighted by Crippen LogP contribution is -2.22. The van der Waals surface area contributed by atoms with Gasteiger partial charge in [-0.25, -0.2) is 9.36 Å². The van der Waals surface area contributed by atoms with Gasteiger partial charge in [0.1, 0.15) is 12.0 Å². The van der Waals surface area contributed by atoms with Gasteiger partial charge in [-0.15, -0.1) is 23.2 Å². The SMILES string of the molecule is CCc1c(O)n(CCl)c(=O)n1CCl. The molecule has 0 fully saturated rings. The Morgan fingerprint density at radius 1 is 1.31 bits per heavy atom. The average Bonchev–Trinajstić information content (AvgIpc) is 2.36. The number of hydrogen-bond donors (Lipinski definition) is 1. The molecular weight excluding hydrogens is 215 g/mol. The van der Waals surface area contributed by atoms with Crippen LogP contribution in [0.3, 0.4) is 0 Å². The van der Waals surface area contributed by atoms with Gasteiger partial charge in [-0.2, -0.15) is 0 Å². The van der Waals surface area contributed by atoms with E-state index < -0.39 is 0 Å². The van der Waals surface area contributed by atoms with Crippen molar-refractivity contribution in [3.63, 3.8) is 0 Å². The standard InChI is InChI=1S/C7H10Cl2N2O2/c1-2-5-6(12)11(4-9)7(13)10(5)3-8/h12H,2-4H2,1H3. The molecule has 0 amide bonds. The third-order valence-electron chi connectivity index (χ3n) is 1.88. The van der Waals surface area contributed by atoms with Gasteiger partial charge in [-0.05, 0) is 6.42 Å². The highest BCUT2D eigenvalue weighted by atomic mass is 35.5. The van der Waals surface area contributed by atoms with Crippen molar-refractivity contribution < 1.29 is 5.11 Å². The predicted molar refractivity (Wildman–Crippen MR) is 51.4 cm³/mol. The second-order valence-electron chi connectivity index (χ2n) is 2.50. The van der Waals surface area contributed by atoms with E-state index in [1.165, 1.54) is 4.57 Å². The Kier molecular flexibility index (Phi) is 3.27. The summed E-state index contributed by atoms with van der Waals surface area (Å²) < 4.78 is 2.36. The van der Waals surface area contributed by atoms with Crippen molar-refractivity contribution in [2.24, 2.45) is 0 Å². The minimum Gasteiger partial charge on any atom is -0.493 e. The second-order valence-corrected chi connectivity index (χ2v) is 2.98. The van der Waals surface area contributed by atoms with Crippen LogP contribution in [-0.2, 0) is 18.4 Å². The first kappa shape index (κ1) is 10.5. The Labute approximate surface area is 85.3 Å². The van der Waals surface area contributed by atoms with Crippen LogP contribution in [0, 0.1) is 0 Å². The van der Waals surface area contributed by atoms with Crippen LogP contribution in [-0.4, -0.2) is 14.2 Å². The van der Waals surface area contributed by atoms with Gasteiger partial charge in [0.2, 0.25) is 5.88 Å². The number of rotatable bonds is 3. The molecule has 0 saturated carbocycles. The zero-order chi connectivity index (χ0) is 10.0. The van der Waals surface area contributed by atoms with Crippen LogP contribution in [0.15, 0.2) is 4.79 Å². The summed E-state index contributed by atoms with van der Waals surface area (Å²) >= 11 is 11.0. The van der Waals surface area contributed by atoms with E-state index in [0.29, 0.717) is 12.1 Å². The molecule has 6 heteroatoms. The number of hydrogen-bond acceptors (Lipinski definition) is 2. The van der Waals surface area contributed by atoms with E-state index in [-0.39, 0.29) is 23.6 Å². The fourth-order valence-electron chi connectivity index (χ4n) is 1.21. The summed E-state index contributed by atoms with van der Waals surface area (Å²) in [5.74, 6) is -0.0943. The Morgan fingerprint density at radius 3 is 2.15 bits per heavy atom. The molecule has 0 radical (unpaired) electrons. The zero-order valence-electron chi connectivity index (χ0n) is 7.13. The first-order valence-electron chi connectivity index (χ1n) is 3.80. The lowest BCUT2D eigenvalue weighted by atomic mass is 10.3. The zero-order valence-corrected chi connectivity index (χ0v) is 8.64. The Bertz CT molecular complexity index is 356. The molecule has 1 N–H and O–H groups in total. The highest BCUT2D eigenvalue weighted by Crippen LogP contribution is 2.17. The summed E-state index contributed by atoms with van der Waals surface area (Å²) in [6.07, 6.45) is 0.539. The van der Waals surface area contributed by atoms with Crippen LogP contribution in [0.5, 0.6) is 5.88 Å². The minimum atomic E-state index is -0.376. The Balaban J connectivity index is 3.42. The maximum absolute atomic E-state index is 11.4. The van der Waals surface area contributed by atoms with Crippen molar-refractivity contribution in [3.8, 4) is 5.88 Å². The number of aromatic nitrogens is 2. The van der Waals surface area contributed by atoms with Crippen molar-refractivity contribution in [3.05, 3.63) is 16.2 Å². The first-order valence-corrected chi connectivity index (χ1v) is 4.87. The first-order chi connectivity index (χ1) is 6.17. The summed E-state index contributed by atoms with van der Waals surface area (Å²) in [6.45, 7) is 1.83. The quantitative estimate of drug-likeness (QED) is 0.788. The van der Waals surface area contributed by atoms with Crippen LogP contribution in [0.2, 0.25) is 0 Å². The molecule has 0 bridgehead atoms. The molecule has 0 spiro atoms. The van der Waals surface area contributed by atoms with E-state index in [9.17, 15) is 9.90 Å². The molecule has 13 heavy (non-hydrogen) atoms. The summed E-state index contributed by atoms with van der Waals surface area (Å²) in [7, 11) is 0. The number of nitrogens with zero attached hydrogens (tertiary/aromatic N) is 2. The molecule has 0 atom stereocenters. The van der Waals surface area contributed by atoms with Gasteiger partial charge >= 0.3 is 5.69 Å². The fraction of sp³-hybridized carbons (Fsp3) is 0.571. The predicted octanol–water partition coefficient (Wildman–Crippen LogP) is 1.31. The lowest BCUT2D eigenvalue weighted by molar-refractivity contribution is 0.421. The summed E-state index contributed by atoms with van der Waals surface area (Å²) in [5, 5.41) is 9.52. The number of alkyl halides is 2. The van der Waals surface area contributed by atoms with Crippen molar-refractivity contribution in [1.82, 2.24) is 9.13 Å². The summed E-state index contributed by atoms with van der Waals surface area (Å²) in [4.78, 5) is 11.4. The van der Waals surface area contributed by atoms with Gasteiger partial charge in [-0.3, -0.25) is 4.57 Å². The summed E-state index contributed by atoms with van der Waals surface area (Å²) in [5.41, 5.74) is 0.139. The Morgan fingerprint density at radius 2 is 1.85 bits per heavy atom. The van der Waals surface area contributed by atoms with Crippen LogP contribution in [0.4, 0.5) is 0 Å². The second kappa shape index (κ2) is 4.07. The fourth-order valence-corrected chi connectivity index (χ4v) is 1.67. The van der Waals surface area contributed by atoms with E-state index >= 15 is 0 Å². The number of imidazole rings is 1. The van der Waals surface area contributed by atoms with E-state index in [4.69, 9.17) is 23.2 Å². The molecule has 4 nitrogen and oxygen atoms in total. The molecular formula is C7H10Cl2N2O2. The molecule has 0 aromatic carbocycles. The summed E-state index contributed by atoms with van der Waals surface area (Å²) in [6, 6.07) is -0.0407. The van der Waals surface area contributed by atoms with Crippen molar-refractivity contribution in [2.45, 2.75) is 25.4 Å². The largest absolute Gasteiger partial charge is 0.493 e. The van der Waals surface area contributed by atoms with Gasteiger partial charge in [0, 0.05) is 0 Å². The molecule has 0 unspecified atom stereocenters. The van der Waals surface area contributed by atoms with E-state index in [1.54, 1.807) is 0 Å². The third-order valence-corrected chi connectivity index (χ3v) is 2.35. The molecule has 0 aliphatic carbocycles. The Hall–Kier alpha value is -0.610. The molecule has 1 rings (SSSR count). The van der Waals surface area contributed by atoms with Crippen LogP contribution < -0.4 is 5.69 Å². The van der Waals surface area contributed by atoms with Crippen LogP contribution in [0.25, 0.3) is 0 Å². The molecule has 74 valence electrons. The smallest absolute Gasteiger partial charge is 0.333 e. The van der Waals surface area contributed by atoms with Gasteiger partial charge in [0.25, 0.3) is 0 Å². The minimum absolute atomic E-state index is 0.0272. The highest BCUT2D eigenvalue weighted by molar-refractivity contribution is 6.16. The maximum atomic E-state index is 11.4. The van der Waals surface area contributed by atoms with Crippen molar-refractivity contribution in [2.75, 3.05) is 0 Å². The van der Waals surface area contributed by atoms with Crippen molar-refractivity contribution >= 4 is 23.2 Å². The molecule has 1 heterocycles. The topological polar surface area (TPSA) is 47.2 Å². The average molecular weight is 225 g/mol. The molecule has 0 aliphatic rings. The van der Waals surface area contributed by atoms with Crippen LogP contribution in [0.1, 0.15) is 12.6 Å². The monoisotopic (exact) mass is 224 g/mol.